The molecule has 1 saturated carbocycles. The summed E-state index contributed by atoms with van der Waals surface area (Å²) in [6, 6.07) is 3.90. The van der Waals surface area contributed by atoms with Gasteiger partial charge in [0, 0.05) is 6.04 Å². The molecule has 0 unspecified atom stereocenters. The maximum Gasteiger partial charge on any atom is 0.344 e. The molecule has 0 atom stereocenters. The van der Waals surface area contributed by atoms with Crippen LogP contribution in [0.25, 0.3) is 6.08 Å². The summed E-state index contributed by atoms with van der Waals surface area (Å²) in [5.74, 6) is -1.20. The van der Waals surface area contributed by atoms with Crippen LogP contribution in [0.15, 0.2) is 23.8 Å². The number of carbonyl (C=O) groups excluding carboxylic acids is 4. The summed E-state index contributed by atoms with van der Waals surface area (Å²) < 4.78 is 15.5. The Morgan fingerprint density at radius 2 is 1.90 bits per heavy atom. The second-order valence-electron chi connectivity index (χ2n) is 7.29. The first-order valence-electron chi connectivity index (χ1n) is 10.3. The van der Waals surface area contributed by atoms with Crippen LogP contribution in [0.2, 0.25) is 0 Å². The second kappa shape index (κ2) is 10.1. The smallest absolute Gasteiger partial charge is 0.344 e. The van der Waals surface area contributed by atoms with Crippen molar-refractivity contribution in [2.24, 2.45) is 0 Å². The molecule has 3 rings (SSSR count). The van der Waals surface area contributed by atoms with E-state index in [1.54, 1.807) is 25.1 Å². The van der Waals surface area contributed by atoms with Crippen LogP contribution >= 0.6 is 0 Å². The van der Waals surface area contributed by atoms with Crippen molar-refractivity contribution in [3.8, 4) is 11.5 Å². The van der Waals surface area contributed by atoms with Gasteiger partial charge in [0.05, 0.1) is 13.7 Å². The average Bonchev–Trinajstić information content (AvgIpc) is 2.76. The maximum absolute atomic E-state index is 13.0. The van der Waals surface area contributed by atoms with Gasteiger partial charge in [-0.05, 0) is 43.5 Å². The van der Waals surface area contributed by atoms with Crippen LogP contribution in [0.1, 0.15) is 44.6 Å². The molecule has 0 radical (unpaired) electrons. The van der Waals surface area contributed by atoms with Crippen LogP contribution in [0, 0.1) is 0 Å². The van der Waals surface area contributed by atoms with E-state index in [0.717, 1.165) is 32.1 Å². The Hall–Kier alpha value is -3.36. The summed E-state index contributed by atoms with van der Waals surface area (Å²) in [4.78, 5) is 50.3. The zero-order valence-corrected chi connectivity index (χ0v) is 17.6. The number of benzene rings is 1. The van der Waals surface area contributed by atoms with E-state index < -0.39 is 23.8 Å². The fourth-order valence-corrected chi connectivity index (χ4v) is 3.74. The molecule has 2 fully saturated rings. The molecule has 1 aromatic carbocycles. The van der Waals surface area contributed by atoms with E-state index in [1.807, 2.05) is 0 Å². The van der Waals surface area contributed by atoms with E-state index in [4.69, 9.17) is 14.2 Å². The Morgan fingerprint density at radius 1 is 1.16 bits per heavy atom. The minimum atomic E-state index is -0.733. The van der Waals surface area contributed by atoms with E-state index in [0.29, 0.717) is 17.1 Å². The predicted octanol–water partition coefficient (Wildman–Crippen LogP) is 2.43. The van der Waals surface area contributed by atoms with Crippen LogP contribution in [-0.2, 0) is 19.1 Å². The summed E-state index contributed by atoms with van der Waals surface area (Å²) in [5.41, 5.74) is 0.393. The number of esters is 1. The molecule has 1 aliphatic heterocycles. The predicted molar refractivity (Wildman–Crippen MR) is 110 cm³/mol. The fraction of sp³-hybridized carbons (Fsp3) is 0.455. The largest absolute Gasteiger partial charge is 0.493 e. The molecule has 0 aromatic heterocycles. The Balaban J connectivity index is 1.81. The van der Waals surface area contributed by atoms with Crippen molar-refractivity contribution in [1.82, 2.24) is 10.2 Å². The quantitative estimate of drug-likeness (QED) is 0.402. The number of rotatable bonds is 7. The molecule has 2 aliphatic rings. The standard InChI is InChI=1S/C22H26N2O7/c1-3-30-19(25)13-31-17-10-9-14(12-18(17)29-2)11-16-20(26)23-22(28)24(21(16)27)15-7-5-4-6-8-15/h9-12,15H,3-8,13H2,1-2H3,(H,23,26,28). The minimum Gasteiger partial charge on any atom is -0.493 e. The molecule has 4 amide bonds. The van der Waals surface area contributed by atoms with Gasteiger partial charge < -0.3 is 14.2 Å². The molecule has 166 valence electrons. The molecular formula is C22H26N2O7. The van der Waals surface area contributed by atoms with Crippen molar-refractivity contribution in [3.05, 3.63) is 29.3 Å². The third kappa shape index (κ3) is 5.22. The highest BCUT2D eigenvalue weighted by Crippen LogP contribution is 2.30. The molecule has 1 aliphatic carbocycles. The first-order valence-corrected chi connectivity index (χ1v) is 10.3. The minimum absolute atomic E-state index is 0.118. The van der Waals surface area contributed by atoms with Crippen molar-refractivity contribution in [2.75, 3.05) is 20.3 Å². The molecule has 31 heavy (non-hydrogen) atoms. The number of ether oxygens (including phenoxy) is 3. The monoisotopic (exact) mass is 430 g/mol. The number of methoxy groups -OCH3 is 1. The van der Waals surface area contributed by atoms with E-state index in [9.17, 15) is 19.2 Å². The number of hydrogen-bond donors (Lipinski definition) is 1. The number of barbiturate groups is 1. The number of hydrogen-bond acceptors (Lipinski definition) is 7. The summed E-state index contributed by atoms with van der Waals surface area (Å²) >= 11 is 0. The molecule has 1 N–H and O–H groups in total. The Labute approximate surface area is 180 Å². The Bertz CT molecular complexity index is 903. The van der Waals surface area contributed by atoms with Crippen molar-refractivity contribution in [3.63, 3.8) is 0 Å². The second-order valence-corrected chi connectivity index (χ2v) is 7.29. The fourth-order valence-electron chi connectivity index (χ4n) is 3.74. The Morgan fingerprint density at radius 3 is 2.58 bits per heavy atom. The maximum atomic E-state index is 13.0. The summed E-state index contributed by atoms with van der Waals surface area (Å²) in [6.07, 6.45) is 5.85. The number of nitrogens with zero attached hydrogens (tertiary/aromatic N) is 1. The van der Waals surface area contributed by atoms with Crippen molar-refractivity contribution < 1.29 is 33.4 Å². The van der Waals surface area contributed by atoms with Crippen LogP contribution in [0.5, 0.6) is 11.5 Å². The topological polar surface area (TPSA) is 111 Å². The highest BCUT2D eigenvalue weighted by atomic mass is 16.6. The summed E-state index contributed by atoms with van der Waals surface area (Å²) in [6.45, 7) is 1.68. The van der Waals surface area contributed by atoms with Crippen molar-refractivity contribution >= 4 is 29.9 Å². The first-order chi connectivity index (χ1) is 14.9. The zero-order chi connectivity index (χ0) is 22.4. The van der Waals surface area contributed by atoms with Gasteiger partial charge in [0.15, 0.2) is 18.1 Å². The molecule has 1 saturated heterocycles. The molecule has 0 spiro atoms. The average molecular weight is 430 g/mol. The normalized spacial score (nSPS) is 18.7. The van der Waals surface area contributed by atoms with Gasteiger partial charge in [-0.2, -0.15) is 0 Å². The SMILES string of the molecule is CCOC(=O)COc1ccc(C=C2C(=O)NC(=O)N(C3CCCCC3)C2=O)cc1OC. The molecule has 1 heterocycles. The van der Waals surface area contributed by atoms with Gasteiger partial charge in [-0.3, -0.25) is 19.8 Å². The molecular weight excluding hydrogens is 404 g/mol. The van der Waals surface area contributed by atoms with Crippen LogP contribution in [0.4, 0.5) is 4.79 Å². The van der Waals surface area contributed by atoms with Crippen LogP contribution < -0.4 is 14.8 Å². The number of urea groups is 1. The zero-order valence-electron chi connectivity index (χ0n) is 17.6. The number of nitrogens with one attached hydrogen (secondary N) is 1. The van der Waals surface area contributed by atoms with Gasteiger partial charge in [0.2, 0.25) is 0 Å². The van der Waals surface area contributed by atoms with E-state index in [1.165, 1.54) is 18.1 Å². The van der Waals surface area contributed by atoms with Gasteiger partial charge in [-0.1, -0.05) is 25.3 Å². The van der Waals surface area contributed by atoms with Gasteiger partial charge in [-0.15, -0.1) is 0 Å². The summed E-state index contributed by atoms with van der Waals surface area (Å²) in [7, 11) is 1.44. The van der Waals surface area contributed by atoms with E-state index >= 15 is 0 Å². The lowest BCUT2D eigenvalue weighted by molar-refractivity contribution is -0.145. The number of carbonyl (C=O) groups is 4. The van der Waals surface area contributed by atoms with Crippen LogP contribution in [-0.4, -0.2) is 55.1 Å². The third-order valence-corrected chi connectivity index (χ3v) is 5.22. The van der Waals surface area contributed by atoms with E-state index in [2.05, 4.69) is 5.32 Å². The van der Waals surface area contributed by atoms with Gasteiger partial charge >= 0.3 is 12.0 Å². The molecule has 0 bridgehead atoms. The molecule has 9 nitrogen and oxygen atoms in total. The summed E-state index contributed by atoms with van der Waals surface area (Å²) in [5, 5.41) is 2.26. The highest BCUT2D eigenvalue weighted by Gasteiger charge is 2.40. The van der Waals surface area contributed by atoms with Crippen molar-refractivity contribution in [1.29, 1.82) is 0 Å². The van der Waals surface area contributed by atoms with Crippen molar-refractivity contribution in [2.45, 2.75) is 45.1 Å². The van der Waals surface area contributed by atoms with Gasteiger partial charge in [0.1, 0.15) is 5.57 Å². The number of imide groups is 2. The first kappa shape index (κ1) is 22.3. The van der Waals surface area contributed by atoms with Gasteiger partial charge in [0.25, 0.3) is 11.8 Å². The lowest BCUT2D eigenvalue weighted by Crippen LogP contribution is -2.58. The van der Waals surface area contributed by atoms with Crippen LogP contribution in [0.3, 0.4) is 0 Å². The van der Waals surface area contributed by atoms with E-state index in [-0.39, 0.29) is 24.8 Å². The van der Waals surface area contributed by atoms with Gasteiger partial charge in [-0.25, -0.2) is 9.59 Å². The highest BCUT2D eigenvalue weighted by molar-refractivity contribution is 6.31. The Kier molecular flexibility index (Phi) is 7.28. The molecule has 1 aromatic rings. The molecule has 9 heteroatoms. The lowest BCUT2D eigenvalue weighted by atomic mass is 9.93. The lowest BCUT2D eigenvalue weighted by Gasteiger charge is -2.35. The number of amides is 4. The third-order valence-electron chi connectivity index (χ3n) is 5.22.